The van der Waals surface area contributed by atoms with Gasteiger partial charge in [0.25, 0.3) is 0 Å². The second-order valence-corrected chi connectivity index (χ2v) is 13.6. The van der Waals surface area contributed by atoms with Gasteiger partial charge in [-0.25, -0.2) is 9.59 Å². The van der Waals surface area contributed by atoms with Crippen molar-refractivity contribution in [3.63, 3.8) is 0 Å². The van der Waals surface area contributed by atoms with Crippen LogP contribution in [-0.4, -0.2) is 28.9 Å². The molecule has 0 aromatic heterocycles. The van der Waals surface area contributed by atoms with Gasteiger partial charge in [-0.2, -0.15) is 16.8 Å². The minimum absolute atomic E-state index is 0.122. The molecule has 0 aliphatic carbocycles. The molecule has 0 bridgehead atoms. The molecule has 0 spiro atoms. The average Bonchev–Trinajstić information content (AvgIpc) is 3.03. The molecule has 0 unspecified atom stereocenters. The molecule has 12 nitrogen and oxygen atoms in total. The number of nitrogens with one attached hydrogen (secondary N) is 4. The minimum atomic E-state index is -4.52. The Morgan fingerprint density at radius 3 is 1.21 bits per heavy atom. The van der Waals surface area contributed by atoms with Crippen LogP contribution >= 0.6 is 0 Å². The van der Waals surface area contributed by atoms with Crippen molar-refractivity contribution < 1.29 is 34.8 Å². The highest BCUT2D eigenvalue weighted by molar-refractivity contribution is 7.88. The number of hydrogen-bond donors (Lipinski definition) is 4. The molecule has 0 radical (unpaired) electrons. The number of amides is 4. The molecular formula is C34H30N4O8S2. The van der Waals surface area contributed by atoms with Crippen molar-refractivity contribution in [2.45, 2.75) is 23.6 Å². The van der Waals surface area contributed by atoms with Crippen LogP contribution in [0.5, 0.6) is 11.5 Å². The van der Waals surface area contributed by atoms with Gasteiger partial charge in [-0.3, -0.25) is 0 Å². The van der Waals surface area contributed by atoms with E-state index >= 15 is 0 Å². The molecule has 5 aromatic rings. The SMILES string of the molecule is Cc1ccc(NC(=O)Nc2cccc(OS(=O)(=O)c3cccc(S(=O)(=O)Oc4cccc(NC(=O)Nc5ccc(C)cc5)c4)c3)c2)cc1. The maximum atomic E-state index is 13.1. The standard InChI is InChI=1S/C34H30N4O8S2/c1-23-12-16-25(17-13-23)35-33(39)37-27-6-3-8-29(20-27)45-47(41,42)31-10-5-11-32(22-31)48(43,44)46-30-9-4-7-28(21-30)38-34(40)36-26-18-14-24(2)15-19-26/h3-22H,1-2H3,(H2,35,37,39)(H2,36,38,40). The fraction of sp³-hybridized carbons (Fsp3) is 0.0588. The Bertz CT molecular complexity index is 2020. The van der Waals surface area contributed by atoms with Crippen molar-refractivity contribution in [2.75, 3.05) is 21.3 Å². The Morgan fingerprint density at radius 1 is 0.458 bits per heavy atom. The molecule has 0 saturated carbocycles. The Morgan fingerprint density at radius 2 is 0.812 bits per heavy atom. The van der Waals surface area contributed by atoms with Gasteiger partial charge < -0.3 is 29.6 Å². The predicted molar refractivity (Wildman–Crippen MR) is 183 cm³/mol. The van der Waals surface area contributed by atoms with E-state index in [9.17, 15) is 26.4 Å². The highest BCUT2D eigenvalue weighted by Gasteiger charge is 2.23. The summed E-state index contributed by atoms with van der Waals surface area (Å²) in [6, 6.07) is 29.1. The van der Waals surface area contributed by atoms with Gasteiger partial charge in [0, 0.05) is 34.9 Å². The molecule has 0 aliphatic heterocycles. The second-order valence-electron chi connectivity index (χ2n) is 10.5. The molecule has 0 aliphatic rings. The molecule has 0 fully saturated rings. The number of benzene rings is 5. The zero-order valence-electron chi connectivity index (χ0n) is 25.6. The van der Waals surface area contributed by atoms with Gasteiger partial charge in [0.05, 0.1) is 0 Å². The zero-order valence-corrected chi connectivity index (χ0v) is 27.3. The topological polar surface area (TPSA) is 169 Å². The van der Waals surface area contributed by atoms with E-state index in [4.69, 9.17) is 8.37 Å². The van der Waals surface area contributed by atoms with E-state index in [0.717, 1.165) is 17.2 Å². The normalized spacial score (nSPS) is 11.2. The first kappa shape index (κ1) is 33.5. The Hall–Kier alpha value is -5.86. The summed E-state index contributed by atoms with van der Waals surface area (Å²) in [6.07, 6.45) is 0. The maximum Gasteiger partial charge on any atom is 0.339 e. The fourth-order valence-corrected chi connectivity index (χ4v) is 6.26. The molecule has 4 N–H and O–H groups in total. The zero-order chi connectivity index (χ0) is 34.3. The van der Waals surface area contributed by atoms with Crippen LogP contribution in [0.15, 0.2) is 131 Å². The van der Waals surface area contributed by atoms with Crippen molar-refractivity contribution in [3.8, 4) is 11.5 Å². The van der Waals surface area contributed by atoms with Gasteiger partial charge in [-0.05, 0) is 80.6 Å². The third kappa shape index (κ3) is 9.11. The first-order valence-electron chi connectivity index (χ1n) is 14.3. The van der Waals surface area contributed by atoms with E-state index in [1.165, 1.54) is 54.6 Å². The molecular weight excluding hydrogens is 657 g/mol. The lowest BCUT2D eigenvalue weighted by Crippen LogP contribution is -2.19. The van der Waals surface area contributed by atoms with Gasteiger partial charge >= 0.3 is 32.3 Å². The summed E-state index contributed by atoms with van der Waals surface area (Å²) < 4.78 is 63.0. The van der Waals surface area contributed by atoms with Crippen LogP contribution in [0.1, 0.15) is 11.1 Å². The molecule has 5 rings (SSSR count). The third-order valence-corrected chi connectivity index (χ3v) is 9.08. The number of hydrogen-bond acceptors (Lipinski definition) is 8. The summed E-state index contributed by atoms with van der Waals surface area (Å²) in [7, 11) is -9.04. The number of urea groups is 2. The molecule has 5 aromatic carbocycles. The van der Waals surface area contributed by atoms with Gasteiger partial charge in [0.2, 0.25) is 0 Å². The van der Waals surface area contributed by atoms with Crippen molar-refractivity contribution in [1.82, 2.24) is 0 Å². The van der Waals surface area contributed by atoms with Gasteiger partial charge in [-0.1, -0.05) is 53.6 Å². The molecule has 0 heterocycles. The largest absolute Gasteiger partial charge is 0.379 e. The van der Waals surface area contributed by atoms with Gasteiger partial charge in [0.1, 0.15) is 21.3 Å². The Balaban J connectivity index is 1.24. The van der Waals surface area contributed by atoms with Crippen molar-refractivity contribution in [2.24, 2.45) is 0 Å². The fourth-order valence-electron chi connectivity index (χ4n) is 4.25. The third-order valence-electron chi connectivity index (χ3n) is 6.60. The summed E-state index contributed by atoms with van der Waals surface area (Å²) in [6.45, 7) is 3.84. The lowest BCUT2D eigenvalue weighted by Gasteiger charge is -2.12. The monoisotopic (exact) mass is 686 g/mol. The Labute approximate surface area is 278 Å². The summed E-state index contributed by atoms with van der Waals surface area (Å²) in [5.74, 6) is -0.244. The lowest BCUT2D eigenvalue weighted by atomic mass is 10.2. The quantitative estimate of drug-likeness (QED) is 0.113. The molecule has 14 heteroatoms. The summed E-state index contributed by atoms with van der Waals surface area (Å²) >= 11 is 0. The van der Waals surface area contributed by atoms with Crippen LogP contribution in [-0.2, 0) is 20.2 Å². The van der Waals surface area contributed by atoms with Gasteiger partial charge in [-0.15, -0.1) is 0 Å². The first-order valence-corrected chi connectivity index (χ1v) is 17.1. The second kappa shape index (κ2) is 14.3. The van der Waals surface area contributed by atoms with E-state index in [-0.39, 0.29) is 22.9 Å². The first-order chi connectivity index (χ1) is 22.8. The number of aryl methyl sites for hydroxylation is 2. The van der Waals surface area contributed by atoms with E-state index < -0.39 is 42.1 Å². The molecule has 0 atom stereocenters. The molecule has 4 amide bonds. The number of rotatable bonds is 10. The van der Waals surface area contributed by atoms with Crippen LogP contribution in [0.4, 0.5) is 32.3 Å². The van der Waals surface area contributed by atoms with Crippen LogP contribution in [0.2, 0.25) is 0 Å². The van der Waals surface area contributed by atoms with Crippen LogP contribution in [0.25, 0.3) is 0 Å². The number of carbonyl (C=O) groups is 2. The van der Waals surface area contributed by atoms with Crippen molar-refractivity contribution in [1.29, 1.82) is 0 Å². The highest BCUT2D eigenvalue weighted by atomic mass is 32.2. The summed E-state index contributed by atoms with van der Waals surface area (Å²) in [5.41, 5.74) is 3.70. The lowest BCUT2D eigenvalue weighted by molar-refractivity contribution is 0.261. The summed E-state index contributed by atoms with van der Waals surface area (Å²) in [5, 5.41) is 10.5. The molecule has 0 saturated heterocycles. The number of anilines is 4. The van der Waals surface area contributed by atoms with Crippen molar-refractivity contribution >= 4 is 55.0 Å². The molecule has 48 heavy (non-hydrogen) atoms. The van der Waals surface area contributed by atoms with E-state index in [1.54, 1.807) is 36.4 Å². The average molecular weight is 687 g/mol. The van der Waals surface area contributed by atoms with E-state index in [1.807, 2.05) is 38.1 Å². The summed E-state index contributed by atoms with van der Waals surface area (Å²) in [4.78, 5) is 23.9. The van der Waals surface area contributed by atoms with Crippen LogP contribution in [0, 0.1) is 13.8 Å². The minimum Gasteiger partial charge on any atom is -0.379 e. The smallest absolute Gasteiger partial charge is 0.339 e. The maximum absolute atomic E-state index is 13.1. The van der Waals surface area contributed by atoms with E-state index in [2.05, 4.69) is 21.3 Å². The van der Waals surface area contributed by atoms with E-state index in [0.29, 0.717) is 11.4 Å². The number of carbonyl (C=O) groups excluding carboxylic acids is 2. The van der Waals surface area contributed by atoms with Crippen LogP contribution in [0.3, 0.4) is 0 Å². The van der Waals surface area contributed by atoms with Gasteiger partial charge in [0.15, 0.2) is 0 Å². The highest BCUT2D eigenvalue weighted by Crippen LogP contribution is 2.26. The van der Waals surface area contributed by atoms with Crippen molar-refractivity contribution in [3.05, 3.63) is 132 Å². The Kier molecular flexibility index (Phi) is 9.96. The van der Waals surface area contributed by atoms with Crippen LogP contribution < -0.4 is 29.6 Å². The predicted octanol–water partition coefficient (Wildman–Crippen LogP) is 7.13. The molecule has 246 valence electrons.